The molecule has 3 heteroatoms. The Morgan fingerprint density at radius 2 is 2.41 bits per heavy atom. The third-order valence-corrected chi connectivity index (χ3v) is 3.54. The Bertz CT molecular complexity index is 291. The number of H-pyrrole nitrogens is 1. The second kappa shape index (κ2) is 6.82. The lowest BCUT2D eigenvalue weighted by Crippen LogP contribution is -2.34. The largest absolute Gasteiger partial charge is 0.372 e. The lowest BCUT2D eigenvalue weighted by Gasteiger charge is -2.23. The standard InChI is InChI=1S/C14H24N2O/c1-12(14-8-4-10-16-14)17-11-5-7-13-6-2-3-9-15-13/h4,8,10,12-13,15-16H,2-3,5-7,9,11H2,1H3/t12-,13+/m0/s1. The van der Waals surface area contributed by atoms with Gasteiger partial charge in [0.2, 0.25) is 0 Å². The average Bonchev–Trinajstić information content (AvgIpc) is 2.89. The van der Waals surface area contributed by atoms with Crippen molar-refractivity contribution in [1.29, 1.82) is 0 Å². The monoisotopic (exact) mass is 236 g/mol. The fourth-order valence-electron chi connectivity index (χ4n) is 2.45. The molecule has 2 rings (SSSR count). The normalized spacial score (nSPS) is 22.5. The molecule has 1 aliphatic heterocycles. The van der Waals surface area contributed by atoms with E-state index in [1.165, 1.54) is 37.9 Å². The number of piperidine rings is 1. The van der Waals surface area contributed by atoms with Crippen molar-refractivity contribution in [2.24, 2.45) is 0 Å². The number of aromatic amines is 1. The van der Waals surface area contributed by atoms with E-state index >= 15 is 0 Å². The smallest absolute Gasteiger partial charge is 0.0944 e. The molecule has 0 amide bonds. The van der Waals surface area contributed by atoms with Crippen molar-refractivity contribution in [3.8, 4) is 0 Å². The molecule has 1 aromatic rings. The van der Waals surface area contributed by atoms with Crippen molar-refractivity contribution in [1.82, 2.24) is 10.3 Å². The zero-order valence-corrected chi connectivity index (χ0v) is 10.7. The highest BCUT2D eigenvalue weighted by molar-refractivity contribution is 5.06. The first-order valence-corrected chi connectivity index (χ1v) is 6.84. The number of ether oxygens (including phenoxy) is 1. The summed E-state index contributed by atoms with van der Waals surface area (Å²) in [5, 5.41) is 3.57. The quantitative estimate of drug-likeness (QED) is 0.745. The molecule has 17 heavy (non-hydrogen) atoms. The molecule has 0 bridgehead atoms. The van der Waals surface area contributed by atoms with Crippen LogP contribution in [0.4, 0.5) is 0 Å². The lowest BCUT2D eigenvalue weighted by molar-refractivity contribution is 0.0587. The van der Waals surface area contributed by atoms with E-state index in [-0.39, 0.29) is 6.10 Å². The molecule has 1 fully saturated rings. The maximum atomic E-state index is 5.82. The first kappa shape index (κ1) is 12.7. The van der Waals surface area contributed by atoms with E-state index in [4.69, 9.17) is 4.74 Å². The molecule has 1 saturated heterocycles. The Labute approximate surface area is 104 Å². The van der Waals surface area contributed by atoms with E-state index in [0.29, 0.717) is 0 Å². The van der Waals surface area contributed by atoms with Crippen molar-refractivity contribution in [3.63, 3.8) is 0 Å². The summed E-state index contributed by atoms with van der Waals surface area (Å²) in [7, 11) is 0. The predicted molar refractivity (Wildman–Crippen MR) is 70.0 cm³/mol. The van der Waals surface area contributed by atoms with Gasteiger partial charge in [-0.15, -0.1) is 0 Å². The second-order valence-electron chi connectivity index (χ2n) is 4.93. The van der Waals surface area contributed by atoms with E-state index in [1.807, 2.05) is 12.3 Å². The molecule has 0 unspecified atom stereocenters. The number of hydrogen-bond donors (Lipinski definition) is 2. The van der Waals surface area contributed by atoms with Crippen molar-refractivity contribution in [2.45, 2.75) is 51.2 Å². The molecular weight excluding hydrogens is 212 g/mol. The maximum absolute atomic E-state index is 5.82. The molecule has 1 aromatic heterocycles. The Hall–Kier alpha value is -0.800. The minimum atomic E-state index is 0.185. The molecule has 3 nitrogen and oxygen atoms in total. The third-order valence-electron chi connectivity index (χ3n) is 3.54. The van der Waals surface area contributed by atoms with Crippen LogP contribution in [0.2, 0.25) is 0 Å². The van der Waals surface area contributed by atoms with E-state index in [0.717, 1.165) is 19.1 Å². The van der Waals surface area contributed by atoms with Crippen molar-refractivity contribution >= 4 is 0 Å². The van der Waals surface area contributed by atoms with Crippen LogP contribution in [0.15, 0.2) is 18.3 Å². The van der Waals surface area contributed by atoms with Gasteiger partial charge in [0.05, 0.1) is 6.10 Å². The van der Waals surface area contributed by atoms with Crippen molar-refractivity contribution in [3.05, 3.63) is 24.0 Å². The second-order valence-corrected chi connectivity index (χ2v) is 4.93. The number of aromatic nitrogens is 1. The highest BCUT2D eigenvalue weighted by Gasteiger charge is 2.12. The molecule has 1 aliphatic rings. The third kappa shape index (κ3) is 4.17. The van der Waals surface area contributed by atoms with Crippen LogP contribution in [0.1, 0.15) is 50.8 Å². The van der Waals surface area contributed by atoms with Crippen LogP contribution in [0.3, 0.4) is 0 Å². The Kier molecular flexibility index (Phi) is 5.08. The first-order chi connectivity index (χ1) is 8.36. The fraction of sp³-hybridized carbons (Fsp3) is 0.714. The van der Waals surface area contributed by atoms with Gasteiger partial charge in [0.15, 0.2) is 0 Å². The van der Waals surface area contributed by atoms with Gasteiger partial charge in [0.1, 0.15) is 0 Å². The SMILES string of the molecule is C[C@H](OCCC[C@H]1CCCCN1)c1ccc[nH]1. The van der Waals surface area contributed by atoms with Crippen LogP contribution in [0.25, 0.3) is 0 Å². The van der Waals surface area contributed by atoms with E-state index in [9.17, 15) is 0 Å². The molecule has 0 spiro atoms. The van der Waals surface area contributed by atoms with Crippen LogP contribution >= 0.6 is 0 Å². The lowest BCUT2D eigenvalue weighted by atomic mass is 10.0. The molecule has 2 heterocycles. The highest BCUT2D eigenvalue weighted by Crippen LogP contribution is 2.16. The minimum absolute atomic E-state index is 0.185. The minimum Gasteiger partial charge on any atom is -0.372 e. The summed E-state index contributed by atoms with van der Waals surface area (Å²) in [6.45, 7) is 4.16. The summed E-state index contributed by atoms with van der Waals surface area (Å²) in [5.41, 5.74) is 1.17. The van der Waals surface area contributed by atoms with E-state index in [2.05, 4.69) is 23.3 Å². The summed E-state index contributed by atoms with van der Waals surface area (Å²) in [5.74, 6) is 0. The van der Waals surface area contributed by atoms with E-state index in [1.54, 1.807) is 0 Å². The molecule has 0 saturated carbocycles. The molecule has 0 aromatic carbocycles. The van der Waals surface area contributed by atoms with Crippen LogP contribution < -0.4 is 5.32 Å². The van der Waals surface area contributed by atoms with Crippen LogP contribution in [-0.4, -0.2) is 24.2 Å². The Balaban J connectivity index is 1.56. The van der Waals surface area contributed by atoms with Crippen molar-refractivity contribution < 1.29 is 4.74 Å². The van der Waals surface area contributed by atoms with Gasteiger partial charge >= 0.3 is 0 Å². The van der Waals surface area contributed by atoms with Gasteiger partial charge < -0.3 is 15.0 Å². The predicted octanol–water partition coefficient (Wildman–Crippen LogP) is 3.01. The average molecular weight is 236 g/mol. The van der Waals surface area contributed by atoms with Crippen molar-refractivity contribution in [2.75, 3.05) is 13.2 Å². The topological polar surface area (TPSA) is 37.0 Å². The molecule has 0 aliphatic carbocycles. The number of rotatable bonds is 6. The summed E-state index contributed by atoms with van der Waals surface area (Å²) >= 11 is 0. The van der Waals surface area contributed by atoms with Crippen LogP contribution in [0.5, 0.6) is 0 Å². The van der Waals surface area contributed by atoms with Gasteiger partial charge in [-0.3, -0.25) is 0 Å². The summed E-state index contributed by atoms with van der Waals surface area (Å²) in [6.07, 6.45) is 8.60. The van der Waals surface area contributed by atoms with E-state index < -0.39 is 0 Å². The number of nitrogens with one attached hydrogen (secondary N) is 2. The fourth-order valence-corrected chi connectivity index (χ4v) is 2.45. The van der Waals surface area contributed by atoms with Gasteiger partial charge in [-0.2, -0.15) is 0 Å². The van der Waals surface area contributed by atoms with Gasteiger partial charge in [0.25, 0.3) is 0 Å². The zero-order valence-electron chi connectivity index (χ0n) is 10.7. The first-order valence-electron chi connectivity index (χ1n) is 6.84. The Morgan fingerprint density at radius 3 is 3.12 bits per heavy atom. The number of hydrogen-bond acceptors (Lipinski definition) is 2. The van der Waals surface area contributed by atoms with Gasteiger partial charge in [-0.05, 0) is 51.3 Å². The molecule has 96 valence electrons. The van der Waals surface area contributed by atoms with Gasteiger partial charge in [-0.25, -0.2) is 0 Å². The molecule has 2 atom stereocenters. The maximum Gasteiger partial charge on any atom is 0.0944 e. The molecule has 0 radical (unpaired) electrons. The molecular formula is C14H24N2O. The van der Waals surface area contributed by atoms with Gasteiger partial charge in [0, 0.05) is 24.5 Å². The summed E-state index contributed by atoms with van der Waals surface area (Å²) in [4.78, 5) is 3.19. The Morgan fingerprint density at radius 1 is 1.47 bits per heavy atom. The van der Waals surface area contributed by atoms with Crippen LogP contribution in [-0.2, 0) is 4.74 Å². The zero-order chi connectivity index (χ0) is 11.9. The highest BCUT2D eigenvalue weighted by atomic mass is 16.5. The van der Waals surface area contributed by atoms with Crippen LogP contribution in [0, 0.1) is 0 Å². The molecule has 2 N–H and O–H groups in total. The summed E-state index contributed by atoms with van der Waals surface area (Å²) in [6, 6.07) is 4.82. The summed E-state index contributed by atoms with van der Waals surface area (Å²) < 4.78 is 5.82. The van der Waals surface area contributed by atoms with Gasteiger partial charge in [-0.1, -0.05) is 6.42 Å².